The summed E-state index contributed by atoms with van der Waals surface area (Å²) in [5, 5.41) is 18.4. The van der Waals surface area contributed by atoms with Crippen molar-refractivity contribution in [3.05, 3.63) is 120 Å². The van der Waals surface area contributed by atoms with Crippen molar-refractivity contribution < 1.29 is 33.6 Å². The Labute approximate surface area is 282 Å². The fraction of sp³-hybridized carbons (Fsp3) is 0.243. The molecule has 250 valence electrons. The molecule has 2 amide bonds. The lowest BCUT2D eigenvalue weighted by atomic mass is 9.94. The lowest BCUT2D eigenvalue weighted by molar-refractivity contribution is -0.126. The van der Waals surface area contributed by atoms with E-state index in [1.807, 2.05) is 60.7 Å². The number of rotatable bonds is 11. The largest absolute Gasteiger partial charge is 0.486 e. The van der Waals surface area contributed by atoms with E-state index < -0.39 is 36.3 Å². The maximum absolute atomic E-state index is 14.2. The van der Waals surface area contributed by atoms with E-state index in [0.717, 1.165) is 11.1 Å². The smallest absolute Gasteiger partial charge is 0.414 e. The second kappa shape index (κ2) is 14.2. The van der Waals surface area contributed by atoms with E-state index in [0.29, 0.717) is 52.9 Å². The van der Waals surface area contributed by atoms with Gasteiger partial charge in [-0.25, -0.2) is 9.78 Å². The van der Waals surface area contributed by atoms with Gasteiger partial charge in [0.2, 0.25) is 11.8 Å². The fourth-order valence-electron chi connectivity index (χ4n) is 6.09. The van der Waals surface area contributed by atoms with Crippen molar-refractivity contribution in [2.45, 2.75) is 24.3 Å². The summed E-state index contributed by atoms with van der Waals surface area (Å²) in [6.45, 7) is 1.10. The van der Waals surface area contributed by atoms with Gasteiger partial charge in [0.15, 0.2) is 11.5 Å². The molecule has 12 heteroatoms. The number of hydrogen-bond acceptors (Lipinski definition) is 10. The van der Waals surface area contributed by atoms with Crippen molar-refractivity contribution in [3.63, 3.8) is 0 Å². The number of cyclic esters (lactones) is 1. The summed E-state index contributed by atoms with van der Waals surface area (Å²) in [7, 11) is 1.51. The summed E-state index contributed by atoms with van der Waals surface area (Å²) in [6.07, 6.45) is -0.975. The highest BCUT2D eigenvalue weighted by molar-refractivity contribution is 5.90. The third-order valence-corrected chi connectivity index (χ3v) is 8.54. The molecule has 0 aliphatic carbocycles. The zero-order valence-electron chi connectivity index (χ0n) is 26.7. The molecule has 0 spiro atoms. The maximum atomic E-state index is 14.2. The lowest BCUT2D eigenvalue weighted by Crippen LogP contribution is -2.51. The first kappa shape index (κ1) is 31.9. The van der Waals surface area contributed by atoms with Crippen LogP contribution in [-0.2, 0) is 9.53 Å². The normalized spacial score (nSPS) is 16.7. The number of aliphatic hydroxyl groups is 1. The molecule has 0 radical (unpaired) electrons. The minimum absolute atomic E-state index is 0.0149. The van der Waals surface area contributed by atoms with E-state index in [1.165, 1.54) is 12.0 Å². The van der Waals surface area contributed by atoms with Gasteiger partial charge in [0, 0.05) is 23.9 Å². The second-order valence-corrected chi connectivity index (χ2v) is 11.7. The molecule has 3 N–H and O–H groups in total. The minimum Gasteiger partial charge on any atom is -0.486 e. The number of carbonyl (C=O) groups excluding carboxylic acids is 2. The predicted octanol–water partition coefficient (Wildman–Crippen LogP) is 4.33. The second-order valence-electron chi connectivity index (χ2n) is 11.7. The van der Waals surface area contributed by atoms with Crippen molar-refractivity contribution in [2.75, 3.05) is 38.3 Å². The van der Waals surface area contributed by atoms with Gasteiger partial charge in [-0.1, -0.05) is 60.7 Å². The van der Waals surface area contributed by atoms with Crippen molar-refractivity contribution in [2.24, 2.45) is 0 Å². The Balaban J connectivity index is 1.16. The quantitative estimate of drug-likeness (QED) is 0.187. The SMILES string of the molecule is COc1ccc2nccc(C(O)C(NC(c3ccccc3)c3ccccc3)C(=O)NC[C@@H]3CN(c4ccc5c(c4)OCCO5)C(=O)O3)c2n1. The molecule has 0 saturated carbocycles. The molecule has 4 heterocycles. The summed E-state index contributed by atoms with van der Waals surface area (Å²) < 4.78 is 22.3. The summed E-state index contributed by atoms with van der Waals surface area (Å²) in [5.41, 5.74) is 3.74. The van der Waals surface area contributed by atoms with Crippen LogP contribution < -0.4 is 29.7 Å². The lowest BCUT2D eigenvalue weighted by Gasteiger charge is -2.30. The van der Waals surface area contributed by atoms with Crippen LogP contribution in [0.25, 0.3) is 11.0 Å². The van der Waals surface area contributed by atoms with Crippen LogP contribution in [0, 0.1) is 0 Å². The van der Waals surface area contributed by atoms with Crippen molar-refractivity contribution >= 4 is 28.7 Å². The molecule has 3 aromatic carbocycles. The fourth-order valence-corrected chi connectivity index (χ4v) is 6.09. The van der Waals surface area contributed by atoms with Crippen molar-refractivity contribution in [3.8, 4) is 17.4 Å². The number of hydrogen-bond donors (Lipinski definition) is 3. The molecular weight excluding hydrogens is 626 g/mol. The van der Waals surface area contributed by atoms with Gasteiger partial charge < -0.3 is 29.4 Å². The number of aliphatic hydroxyl groups excluding tert-OH is 1. The molecule has 2 aliphatic rings. The number of pyridine rings is 2. The van der Waals surface area contributed by atoms with Gasteiger partial charge in [0.05, 0.1) is 43.0 Å². The highest BCUT2D eigenvalue weighted by Gasteiger charge is 2.36. The number of ether oxygens (including phenoxy) is 4. The number of carbonyl (C=O) groups is 2. The Morgan fingerprint density at radius 3 is 2.39 bits per heavy atom. The number of methoxy groups -OCH3 is 1. The number of amides is 2. The predicted molar refractivity (Wildman–Crippen MR) is 181 cm³/mol. The van der Waals surface area contributed by atoms with Crippen LogP contribution in [0.15, 0.2) is 103 Å². The molecule has 3 atom stereocenters. The first-order valence-corrected chi connectivity index (χ1v) is 16.0. The van der Waals surface area contributed by atoms with Crippen LogP contribution in [0.5, 0.6) is 17.4 Å². The number of fused-ring (bicyclic) bond motifs is 2. The third kappa shape index (κ3) is 6.82. The van der Waals surface area contributed by atoms with Crippen LogP contribution in [0.3, 0.4) is 0 Å². The molecule has 2 unspecified atom stereocenters. The van der Waals surface area contributed by atoms with Gasteiger partial charge in [-0.3, -0.25) is 20.0 Å². The zero-order valence-corrected chi connectivity index (χ0v) is 26.7. The number of nitrogens with zero attached hydrogens (tertiary/aromatic N) is 3. The van der Waals surface area contributed by atoms with E-state index >= 15 is 0 Å². The first-order chi connectivity index (χ1) is 24.0. The Hall–Kier alpha value is -5.72. The average Bonchev–Trinajstić information content (AvgIpc) is 3.54. The van der Waals surface area contributed by atoms with Crippen molar-refractivity contribution in [1.82, 2.24) is 20.6 Å². The minimum atomic E-state index is -1.36. The monoisotopic (exact) mass is 661 g/mol. The van der Waals surface area contributed by atoms with Crippen molar-refractivity contribution in [1.29, 1.82) is 0 Å². The zero-order chi connectivity index (χ0) is 33.7. The molecular formula is C37H35N5O7. The van der Waals surface area contributed by atoms with Gasteiger partial charge in [0.25, 0.3) is 0 Å². The average molecular weight is 662 g/mol. The van der Waals surface area contributed by atoms with Crippen LogP contribution in [0.4, 0.5) is 10.5 Å². The molecule has 12 nitrogen and oxygen atoms in total. The summed E-state index contributed by atoms with van der Waals surface area (Å²) in [6, 6.07) is 28.1. The molecule has 0 bridgehead atoms. The third-order valence-electron chi connectivity index (χ3n) is 8.54. The first-order valence-electron chi connectivity index (χ1n) is 16.0. The molecule has 2 aromatic heterocycles. The van der Waals surface area contributed by atoms with Crippen LogP contribution in [0.2, 0.25) is 0 Å². The van der Waals surface area contributed by atoms with Gasteiger partial charge in [-0.05, 0) is 35.4 Å². The Bertz CT molecular complexity index is 1910. The highest BCUT2D eigenvalue weighted by Crippen LogP contribution is 2.35. The van der Waals surface area contributed by atoms with Gasteiger partial charge >= 0.3 is 6.09 Å². The van der Waals surface area contributed by atoms with Gasteiger partial charge in [-0.15, -0.1) is 0 Å². The van der Waals surface area contributed by atoms with E-state index in [2.05, 4.69) is 20.6 Å². The molecule has 1 fully saturated rings. The molecule has 7 rings (SSSR count). The molecule has 1 saturated heterocycles. The van der Waals surface area contributed by atoms with E-state index in [9.17, 15) is 14.7 Å². The summed E-state index contributed by atoms with van der Waals surface area (Å²) in [4.78, 5) is 37.5. The van der Waals surface area contributed by atoms with E-state index in [-0.39, 0.29) is 13.1 Å². The number of aromatic nitrogens is 2. The summed E-state index contributed by atoms with van der Waals surface area (Å²) in [5.74, 6) is 1.02. The van der Waals surface area contributed by atoms with Crippen LogP contribution in [0.1, 0.15) is 28.8 Å². The number of benzene rings is 3. The van der Waals surface area contributed by atoms with Crippen LogP contribution in [-0.4, -0.2) is 72.6 Å². The molecule has 2 aliphatic heterocycles. The standard InChI is InChI=1S/C37H35N5O7/c1-46-31-15-13-28-33(40-31)27(16-17-38-28)35(43)34(41-32(23-8-4-2-5-9-23)24-10-6-3-7-11-24)36(44)39-21-26-22-42(37(45)49-26)25-12-14-29-30(20-25)48-19-18-47-29/h2-17,20,26,32,34-35,41,43H,18-19,21-22H2,1H3,(H,39,44)/t26-,34?,35?/m1/s1. The Morgan fingerprint density at radius 1 is 0.959 bits per heavy atom. The molecule has 49 heavy (non-hydrogen) atoms. The number of anilines is 1. The maximum Gasteiger partial charge on any atom is 0.414 e. The molecule has 5 aromatic rings. The van der Waals surface area contributed by atoms with Crippen LogP contribution >= 0.6 is 0 Å². The number of nitrogens with one attached hydrogen (secondary N) is 2. The van der Waals surface area contributed by atoms with Gasteiger partial charge in [-0.2, -0.15) is 0 Å². The summed E-state index contributed by atoms with van der Waals surface area (Å²) >= 11 is 0. The topological polar surface area (TPSA) is 144 Å². The highest BCUT2D eigenvalue weighted by atomic mass is 16.6. The van der Waals surface area contributed by atoms with E-state index in [4.69, 9.17) is 18.9 Å². The Kier molecular flexibility index (Phi) is 9.22. The van der Waals surface area contributed by atoms with E-state index in [1.54, 1.807) is 42.6 Å². The van der Waals surface area contributed by atoms with Gasteiger partial charge in [0.1, 0.15) is 31.5 Å². The Morgan fingerprint density at radius 2 is 1.67 bits per heavy atom.